The first-order chi connectivity index (χ1) is 11.5. The average molecular weight is 346 g/mol. The number of carbonyl (C=O) groups excluding carboxylic acids is 1. The van der Waals surface area contributed by atoms with E-state index in [4.69, 9.17) is 0 Å². The topological polar surface area (TPSA) is 90.6 Å². The van der Waals surface area contributed by atoms with Crippen LogP contribution in [-0.4, -0.2) is 27.6 Å². The highest BCUT2D eigenvalue weighted by molar-refractivity contribution is 7.14. The molecule has 1 aromatic carbocycles. The lowest BCUT2D eigenvalue weighted by atomic mass is 10.1. The van der Waals surface area contributed by atoms with Crippen molar-refractivity contribution in [2.75, 3.05) is 6.54 Å². The van der Waals surface area contributed by atoms with Crippen molar-refractivity contribution in [3.63, 3.8) is 0 Å². The maximum absolute atomic E-state index is 13.0. The molecule has 0 aliphatic heterocycles. The first kappa shape index (κ1) is 16.1. The quantitative estimate of drug-likeness (QED) is 0.662. The third-order valence-corrected chi connectivity index (χ3v) is 4.54. The zero-order valence-electron chi connectivity index (χ0n) is 12.9. The van der Waals surface area contributed by atoms with Crippen molar-refractivity contribution in [1.82, 2.24) is 20.5 Å². The van der Waals surface area contributed by atoms with Crippen LogP contribution in [0, 0.1) is 12.7 Å². The summed E-state index contributed by atoms with van der Waals surface area (Å²) in [6.07, 6.45) is 0.430. The van der Waals surface area contributed by atoms with Crippen molar-refractivity contribution in [1.29, 1.82) is 0 Å². The van der Waals surface area contributed by atoms with Crippen molar-refractivity contribution in [2.45, 2.75) is 13.3 Å². The molecule has 2 aromatic heterocycles. The monoisotopic (exact) mass is 346 g/mol. The normalized spacial score (nSPS) is 10.8. The van der Waals surface area contributed by atoms with Gasteiger partial charge in [0.2, 0.25) is 0 Å². The van der Waals surface area contributed by atoms with Gasteiger partial charge in [0.1, 0.15) is 11.6 Å². The number of nitrogens with one attached hydrogen (secondary N) is 3. The molecular formula is C16H15FN4O2S. The summed E-state index contributed by atoms with van der Waals surface area (Å²) in [6.45, 7) is 2.29. The maximum atomic E-state index is 13.0. The fourth-order valence-electron chi connectivity index (χ4n) is 2.32. The average Bonchev–Trinajstić information content (AvgIpc) is 3.14. The van der Waals surface area contributed by atoms with E-state index >= 15 is 0 Å². The largest absolute Gasteiger partial charge is 0.351 e. The first-order valence-corrected chi connectivity index (χ1v) is 8.13. The number of nitrogens with zero attached hydrogens (tertiary/aromatic N) is 1. The van der Waals surface area contributed by atoms with Crippen LogP contribution in [0.15, 0.2) is 35.1 Å². The molecule has 0 aliphatic carbocycles. The maximum Gasteiger partial charge on any atom is 0.340 e. The number of aryl methyl sites for hydroxylation is 1. The summed E-state index contributed by atoms with van der Waals surface area (Å²) in [6, 6.07) is 7.99. The van der Waals surface area contributed by atoms with E-state index in [-0.39, 0.29) is 17.4 Å². The lowest BCUT2D eigenvalue weighted by Gasteiger charge is -2.01. The van der Waals surface area contributed by atoms with E-state index in [2.05, 4.69) is 20.5 Å². The Kier molecular flexibility index (Phi) is 4.57. The van der Waals surface area contributed by atoms with Gasteiger partial charge in [0.25, 0.3) is 5.91 Å². The Morgan fingerprint density at radius 2 is 2.08 bits per heavy atom. The smallest absolute Gasteiger partial charge is 0.340 e. The third kappa shape index (κ3) is 3.60. The van der Waals surface area contributed by atoms with E-state index in [1.54, 1.807) is 18.2 Å². The minimum Gasteiger partial charge on any atom is -0.351 e. The first-order valence-electron chi connectivity index (χ1n) is 7.31. The molecule has 0 atom stereocenters. The summed E-state index contributed by atoms with van der Waals surface area (Å²) < 4.78 is 13.0. The summed E-state index contributed by atoms with van der Waals surface area (Å²) in [5.74, 6) is 0.0185. The van der Waals surface area contributed by atoms with Crippen LogP contribution in [0.1, 0.15) is 20.4 Å². The van der Waals surface area contributed by atoms with E-state index in [0.29, 0.717) is 23.7 Å². The van der Waals surface area contributed by atoms with Gasteiger partial charge in [-0.1, -0.05) is 12.1 Å². The van der Waals surface area contributed by atoms with Gasteiger partial charge in [-0.15, -0.1) is 11.3 Å². The molecule has 24 heavy (non-hydrogen) atoms. The van der Waals surface area contributed by atoms with Gasteiger partial charge in [0, 0.05) is 17.8 Å². The number of halogens is 1. The van der Waals surface area contributed by atoms with Crippen molar-refractivity contribution < 1.29 is 9.18 Å². The number of aromatic nitrogens is 3. The molecule has 0 radical (unpaired) electrons. The number of thiophene rings is 1. The van der Waals surface area contributed by atoms with Gasteiger partial charge < -0.3 is 5.32 Å². The van der Waals surface area contributed by atoms with Gasteiger partial charge in [-0.2, -0.15) is 5.10 Å². The fourth-order valence-corrected chi connectivity index (χ4v) is 3.27. The molecular weight excluding hydrogens is 331 g/mol. The minimum atomic E-state index is -0.367. The van der Waals surface area contributed by atoms with Gasteiger partial charge in [-0.3, -0.25) is 9.78 Å². The Bertz CT molecular complexity index is 911. The van der Waals surface area contributed by atoms with Crippen molar-refractivity contribution in [3.05, 3.63) is 62.2 Å². The number of carbonyl (C=O) groups is 1. The van der Waals surface area contributed by atoms with E-state index < -0.39 is 0 Å². The molecule has 0 bridgehead atoms. The van der Waals surface area contributed by atoms with Gasteiger partial charge in [-0.05, 0) is 36.2 Å². The second-order valence-electron chi connectivity index (χ2n) is 5.22. The number of amides is 1. The van der Waals surface area contributed by atoms with Gasteiger partial charge >= 0.3 is 5.69 Å². The Hall–Kier alpha value is -2.74. The minimum absolute atomic E-state index is 0.186. The molecule has 3 rings (SSSR count). The second-order valence-corrected chi connectivity index (χ2v) is 6.47. The van der Waals surface area contributed by atoms with E-state index in [0.717, 1.165) is 16.0 Å². The predicted octanol–water partition coefficient (Wildman–Crippen LogP) is 2.25. The molecule has 6 nitrogen and oxygen atoms in total. The number of H-pyrrole nitrogens is 2. The van der Waals surface area contributed by atoms with Crippen molar-refractivity contribution in [2.24, 2.45) is 0 Å². The second kappa shape index (κ2) is 6.79. The van der Waals surface area contributed by atoms with Crippen LogP contribution in [0.5, 0.6) is 0 Å². The summed E-state index contributed by atoms with van der Waals surface area (Å²) >= 11 is 1.39. The molecule has 1 amide bonds. The third-order valence-electron chi connectivity index (χ3n) is 3.49. The van der Waals surface area contributed by atoms with Crippen LogP contribution in [0.2, 0.25) is 0 Å². The molecule has 124 valence electrons. The molecule has 0 spiro atoms. The number of rotatable bonds is 5. The summed E-state index contributed by atoms with van der Waals surface area (Å²) in [7, 11) is 0. The van der Waals surface area contributed by atoms with Crippen LogP contribution in [-0.2, 0) is 6.42 Å². The molecule has 2 heterocycles. The lowest BCUT2D eigenvalue weighted by Crippen LogP contribution is -2.25. The van der Waals surface area contributed by atoms with Crippen LogP contribution >= 0.6 is 11.3 Å². The molecule has 0 saturated heterocycles. The number of hydrogen-bond donors (Lipinski definition) is 3. The number of benzene rings is 1. The molecule has 0 aliphatic rings. The zero-order valence-corrected chi connectivity index (χ0v) is 13.7. The van der Waals surface area contributed by atoms with Gasteiger partial charge in [-0.25, -0.2) is 14.3 Å². The van der Waals surface area contributed by atoms with Crippen LogP contribution in [0.4, 0.5) is 4.39 Å². The fraction of sp³-hybridized carbons (Fsp3) is 0.188. The highest BCUT2D eigenvalue weighted by Crippen LogP contribution is 2.31. The SMILES string of the molecule is Cc1sc(C(=O)NCCc2n[nH]c(=O)[nH]2)cc1-c1ccc(F)cc1. The zero-order chi connectivity index (χ0) is 17.1. The Morgan fingerprint density at radius 1 is 1.33 bits per heavy atom. The Balaban J connectivity index is 1.66. The van der Waals surface area contributed by atoms with Crippen LogP contribution < -0.4 is 11.0 Å². The molecule has 3 N–H and O–H groups in total. The summed E-state index contributed by atoms with van der Waals surface area (Å²) in [4.78, 5) is 27.3. The van der Waals surface area contributed by atoms with Crippen molar-refractivity contribution >= 4 is 17.2 Å². The molecule has 0 unspecified atom stereocenters. The number of hydrogen-bond acceptors (Lipinski definition) is 4. The number of aromatic amines is 2. The van der Waals surface area contributed by atoms with Crippen LogP contribution in [0.3, 0.4) is 0 Å². The highest BCUT2D eigenvalue weighted by atomic mass is 32.1. The van der Waals surface area contributed by atoms with Crippen molar-refractivity contribution in [3.8, 4) is 11.1 Å². The van der Waals surface area contributed by atoms with Gasteiger partial charge in [0.15, 0.2) is 0 Å². The lowest BCUT2D eigenvalue weighted by molar-refractivity contribution is 0.0958. The van der Waals surface area contributed by atoms with E-state index in [9.17, 15) is 14.0 Å². The van der Waals surface area contributed by atoms with E-state index in [1.807, 2.05) is 6.92 Å². The highest BCUT2D eigenvalue weighted by Gasteiger charge is 2.13. The standard InChI is InChI=1S/C16H15FN4O2S/c1-9-12(10-2-4-11(17)5-3-10)8-13(24-9)15(22)18-7-6-14-19-16(23)21-20-14/h2-5,8H,6-7H2,1H3,(H,18,22)(H2,19,20,21,23). The van der Waals surface area contributed by atoms with Gasteiger partial charge in [0.05, 0.1) is 4.88 Å². The van der Waals surface area contributed by atoms with Crippen LogP contribution in [0.25, 0.3) is 11.1 Å². The molecule has 0 fully saturated rings. The molecule has 8 heteroatoms. The Morgan fingerprint density at radius 3 is 2.75 bits per heavy atom. The molecule has 3 aromatic rings. The Labute approximate surface area is 140 Å². The summed E-state index contributed by atoms with van der Waals surface area (Å²) in [5.41, 5.74) is 1.43. The van der Waals surface area contributed by atoms with E-state index in [1.165, 1.54) is 23.5 Å². The summed E-state index contributed by atoms with van der Waals surface area (Å²) in [5, 5.41) is 8.84. The predicted molar refractivity (Wildman–Crippen MR) is 89.7 cm³/mol. The molecule has 0 saturated carbocycles.